The fourth-order valence-corrected chi connectivity index (χ4v) is 1.50. The molecule has 0 unspecified atom stereocenters. The average Bonchev–Trinajstić information content (AvgIpc) is 2.78. The van der Waals surface area contributed by atoms with Gasteiger partial charge in [0, 0.05) is 24.7 Å². The number of nitrogens with one attached hydrogen (secondary N) is 2. The molecular formula is C12H19N3O3. The molecule has 100 valence electrons. The highest BCUT2D eigenvalue weighted by molar-refractivity contribution is 5.83. The lowest BCUT2D eigenvalue weighted by Gasteiger charge is -2.14. The summed E-state index contributed by atoms with van der Waals surface area (Å²) in [6.45, 7) is 4.04. The van der Waals surface area contributed by atoms with E-state index in [1.165, 1.54) is 6.33 Å². The summed E-state index contributed by atoms with van der Waals surface area (Å²) in [6, 6.07) is -0.912. The normalized spacial score (nSPS) is 12.4. The number of hydrogen-bond donors (Lipinski definition) is 3. The lowest BCUT2D eigenvalue weighted by atomic mass is 10.1. The summed E-state index contributed by atoms with van der Waals surface area (Å²) in [4.78, 5) is 29.3. The highest BCUT2D eigenvalue weighted by Crippen LogP contribution is 2.04. The van der Waals surface area contributed by atoms with E-state index in [-0.39, 0.29) is 12.3 Å². The second kappa shape index (κ2) is 6.78. The Bertz CT molecular complexity index is 387. The van der Waals surface area contributed by atoms with E-state index in [9.17, 15) is 9.59 Å². The molecule has 0 aliphatic carbocycles. The molecular weight excluding hydrogens is 234 g/mol. The summed E-state index contributed by atoms with van der Waals surface area (Å²) in [5, 5.41) is 11.6. The summed E-state index contributed by atoms with van der Waals surface area (Å²) >= 11 is 0. The number of hydrogen-bond acceptors (Lipinski definition) is 3. The van der Waals surface area contributed by atoms with E-state index in [2.05, 4.69) is 15.3 Å². The average molecular weight is 253 g/mol. The molecule has 1 rings (SSSR count). The molecule has 0 fully saturated rings. The zero-order valence-corrected chi connectivity index (χ0v) is 10.6. The lowest BCUT2D eigenvalue weighted by molar-refractivity contribution is -0.141. The molecule has 18 heavy (non-hydrogen) atoms. The molecule has 0 bridgehead atoms. The second-order valence-electron chi connectivity index (χ2n) is 4.67. The maximum atomic E-state index is 11.6. The molecule has 0 saturated carbocycles. The van der Waals surface area contributed by atoms with Gasteiger partial charge in [0.05, 0.1) is 6.33 Å². The molecule has 3 N–H and O–H groups in total. The van der Waals surface area contributed by atoms with Gasteiger partial charge in [0.15, 0.2) is 0 Å². The third-order valence-corrected chi connectivity index (χ3v) is 2.56. The maximum absolute atomic E-state index is 11.6. The van der Waals surface area contributed by atoms with Crippen molar-refractivity contribution >= 4 is 11.9 Å². The Labute approximate surface area is 106 Å². The van der Waals surface area contributed by atoms with E-state index in [1.807, 2.05) is 13.8 Å². The predicted octanol–water partition coefficient (Wildman–Crippen LogP) is 0.958. The van der Waals surface area contributed by atoms with Crippen molar-refractivity contribution in [2.45, 2.75) is 39.2 Å². The summed E-state index contributed by atoms with van der Waals surface area (Å²) < 4.78 is 0. The van der Waals surface area contributed by atoms with E-state index < -0.39 is 12.0 Å². The lowest BCUT2D eigenvalue weighted by Crippen LogP contribution is -2.42. The number of amides is 1. The smallest absolute Gasteiger partial charge is 0.326 e. The number of imidazole rings is 1. The van der Waals surface area contributed by atoms with Gasteiger partial charge in [0.25, 0.3) is 0 Å². The Morgan fingerprint density at radius 1 is 1.50 bits per heavy atom. The van der Waals surface area contributed by atoms with E-state index in [0.717, 1.165) is 6.42 Å². The van der Waals surface area contributed by atoms with Crippen molar-refractivity contribution in [3.63, 3.8) is 0 Å². The predicted molar refractivity (Wildman–Crippen MR) is 65.9 cm³/mol. The molecule has 1 atom stereocenters. The van der Waals surface area contributed by atoms with E-state index in [1.54, 1.807) is 6.20 Å². The number of aromatic amines is 1. The molecule has 0 aliphatic heterocycles. The monoisotopic (exact) mass is 253 g/mol. The first kappa shape index (κ1) is 14.2. The van der Waals surface area contributed by atoms with Gasteiger partial charge in [0.2, 0.25) is 5.91 Å². The fourth-order valence-electron chi connectivity index (χ4n) is 1.50. The first-order chi connectivity index (χ1) is 8.49. The third kappa shape index (κ3) is 4.99. The molecule has 0 spiro atoms. The minimum absolute atomic E-state index is 0.211. The quantitative estimate of drug-likeness (QED) is 0.674. The highest BCUT2D eigenvalue weighted by atomic mass is 16.4. The largest absolute Gasteiger partial charge is 0.480 e. The van der Waals surface area contributed by atoms with Crippen LogP contribution in [0.25, 0.3) is 0 Å². The number of aliphatic carboxylic acids is 1. The second-order valence-corrected chi connectivity index (χ2v) is 4.67. The zero-order valence-electron chi connectivity index (χ0n) is 10.6. The van der Waals surface area contributed by atoms with Gasteiger partial charge in [-0.25, -0.2) is 9.78 Å². The SMILES string of the molecule is CC(C)CCC(=O)N[C@H](Cc1cnc[nH]1)C(=O)O. The van der Waals surface area contributed by atoms with Crippen LogP contribution < -0.4 is 5.32 Å². The molecule has 0 radical (unpaired) electrons. The van der Waals surface area contributed by atoms with Crippen molar-refractivity contribution in [1.82, 2.24) is 15.3 Å². The molecule has 0 aliphatic rings. The van der Waals surface area contributed by atoms with Gasteiger partial charge in [-0.05, 0) is 12.3 Å². The molecule has 1 heterocycles. The molecule has 1 aromatic heterocycles. The van der Waals surface area contributed by atoms with Crippen LogP contribution in [-0.2, 0) is 16.0 Å². The minimum atomic E-state index is -1.04. The van der Waals surface area contributed by atoms with Gasteiger partial charge in [-0.2, -0.15) is 0 Å². The first-order valence-electron chi connectivity index (χ1n) is 5.98. The minimum Gasteiger partial charge on any atom is -0.480 e. The molecule has 1 amide bonds. The van der Waals surface area contributed by atoms with Gasteiger partial charge in [-0.3, -0.25) is 4.79 Å². The van der Waals surface area contributed by atoms with Gasteiger partial charge in [0.1, 0.15) is 6.04 Å². The van der Waals surface area contributed by atoms with Crippen LogP contribution >= 0.6 is 0 Å². The third-order valence-electron chi connectivity index (χ3n) is 2.56. The summed E-state index contributed by atoms with van der Waals surface area (Å²) in [5.41, 5.74) is 0.687. The van der Waals surface area contributed by atoms with E-state index in [4.69, 9.17) is 5.11 Å². The van der Waals surface area contributed by atoms with Gasteiger partial charge < -0.3 is 15.4 Å². The van der Waals surface area contributed by atoms with Crippen molar-refractivity contribution in [2.24, 2.45) is 5.92 Å². The number of carbonyl (C=O) groups is 2. The van der Waals surface area contributed by atoms with Crippen molar-refractivity contribution in [2.75, 3.05) is 0 Å². The highest BCUT2D eigenvalue weighted by Gasteiger charge is 2.20. The van der Waals surface area contributed by atoms with Crippen LogP contribution in [0.1, 0.15) is 32.4 Å². The van der Waals surface area contributed by atoms with Gasteiger partial charge >= 0.3 is 5.97 Å². The Hall–Kier alpha value is -1.85. The zero-order chi connectivity index (χ0) is 13.5. The van der Waals surface area contributed by atoms with Crippen LogP contribution in [0.3, 0.4) is 0 Å². The van der Waals surface area contributed by atoms with E-state index in [0.29, 0.717) is 18.0 Å². The van der Waals surface area contributed by atoms with Crippen LogP contribution in [0.4, 0.5) is 0 Å². The van der Waals surface area contributed by atoms with Gasteiger partial charge in [-0.15, -0.1) is 0 Å². The molecule has 6 nitrogen and oxygen atoms in total. The van der Waals surface area contributed by atoms with Crippen molar-refractivity contribution in [3.05, 3.63) is 18.2 Å². The summed E-state index contributed by atoms with van der Waals surface area (Å²) in [6.07, 6.45) is 4.35. The van der Waals surface area contributed by atoms with Crippen LogP contribution in [0.15, 0.2) is 12.5 Å². The van der Waals surface area contributed by atoms with Crippen LogP contribution in [0.5, 0.6) is 0 Å². The molecule has 6 heteroatoms. The number of nitrogens with zero attached hydrogens (tertiary/aromatic N) is 1. The standard InChI is InChI=1S/C12H19N3O3/c1-8(2)3-4-11(16)15-10(12(17)18)5-9-6-13-7-14-9/h6-8,10H,3-5H2,1-2H3,(H,13,14)(H,15,16)(H,17,18)/t10-/m1/s1. The van der Waals surface area contributed by atoms with Crippen molar-refractivity contribution in [3.8, 4) is 0 Å². The Balaban J connectivity index is 2.48. The summed E-state index contributed by atoms with van der Waals surface area (Å²) in [5.74, 6) is -0.843. The van der Waals surface area contributed by atoms with Crippen LogP contribution in [0, 0.1) is 5.92 Å². The topological polar surface area (TPSA) is 95.1 Å². The van der Waals surface area contributed by atoms with Gasteiger partial charge in [-0.1, -0.05) is 13.8 Å². The Morgan fingerprint density at radius 3 is 2.72 bits per heavy atom. The number of aromatic nitrogens is 2. The van der Waals surface area contributed by atoms with Crippen molar-refractivity contribution < 1.29 is 14.7 Å². The molecule has 0 aromatic carbocycles. The number of H-pyrrole nitrogens is 1. The molecule has 1 aromatic rings. The number of rotatable bonds is 7. The number of carboxylic acids is 1. The number of carbonyl (C=O) groups excluding carboxylic acids is 1. The van der Waals surface area contributed by atoms with Crippen molar-refractivity contribution in [1.29, 1.82) is 0 Å². The number of carboxylic acid groups (broad SMARTS) is 1. The van der Waals surface area contributed by atoms with Crippen LogP contribution in [0.2, 0.25) is 0 Å². The fraction of sp³-hybridized carbons (Fsp3) is 0.583. The maximum Gasteiger partial charge on any atom is 0.326 e. The van der Waals surface area contributed by atoms with E-state index >= 15 is 0 Å². The van der Waals surface area contributed by atoms with Crippen LogP contribution in [-0.4, -0.2) is 33.0 Å². The first-order valence-corrected chi connectivity index (χ1v) is 5.98. The summed E-state index contributed by atoms with van der Waals surface area (Å²) in [7, 11) is 0. The Morgan fingerprint density at radius 2 is 2.22 bits per heavy atom. The molecule has 0 saturated heterocycles. The Kier molecular flexibility index (Phi) is 5.35.